The molecule has 1 heterocycles. The fraction of sp³-hybridized carbons (Fsp3) is 0.440. The number of piperazine rings is 1. The summed E-state index contributed by atoms with van der Waals surface area (Å²) in [6, 6.07) is 16.4. The van der Waals surface area contributed by atoms with Crippen molar-refractivity contribution in [2.45, 2.75) is 39.5 Å². The Morgan fingerprint density at radius 3 is 2.37 bits per heavy atom. The van der Waals surface area contributed by atoms with Gasteiger partial charge in [0.2, 0.25) is 11.8 Å². The fourth-order valence-corrected chi connectivity index (χ4v) is 3.86. The number of benzene rings is 2. The molecule has 1 fully saturated rings. The molecule has 5 heteroatoms. The van der Waals surface area contributed by atoms with Gasteiger partial charge in [-0.3, -0.25) is 14.5 Å². The third-order valence-corrected chi connectivity index (χ3v) is 5.74. The Morgan fingerprint density at radius 2 is 1.67 bits per heavy atom. The van der Waals surface area contributed by atoms with E-state index in [0.29, 0.717) is 26.1 Å². The first-order chi connectivity index (χ1) is 14.5. The van der Waals surface area contributed by atoms with E-state index in [1.54, 1.807) is 0 Å². The molecule has 0 unspecified atom stereocenters. The minimum absolute atomic E-state index is 0.00812. The third-order valence-electron chi connectivity index (χ3n) is 5.74. The van der Waals surface area contributed by atoms with Gasteiger partial charge < -0.3 is 10.2 Å². The lowest BCUT2D eigenvalue weighted by Crippen LogP contribution is -2.50. The highest BCUT2D eigenvalue weighted by Crippen LogP contribution is 2.15. The van der Waals surface area contributed by atoms with Gasteiger partial charge in [0.05, 0.1) is 6.54 Å². The van der Waals surface area contributed by atoms with E-state index < -0.39 is 0 Å². The van der Waals surface area contributed by atoms with Crippen molar-refractivity contribution < 1.29 is 9.59 Å². The van der Waals surface area contributed by atoms with Crippen molar-refractivity contribution in [3.63, 3.8) is 0 Å². The Morgan fingerprint density at radius 1 is 0.967 bits per heavy atom. The van der Waals surface area contributed by atoms with E-state index in [-0.39, 0.29) is 11.8 Å². The number of nitrogens with one attached hydrogen (secondary N) is 1. The van der Waals surface area contributed by atoms with Crippen LogP contribution in [0.2, 0.25) is 0 Å². The number of carbonyl (C=O) groups is 2. The lowest BCUT2D eigenvalue weighted by Gasteiger charge is -2.34. The molecule has 0 radical (unpaired) electrons. The van der Waals surface area contributed by atoms with Gasteiger partial charge in [0.1, 0.15) is 0 Å². The number of para-hydroxylation sites is 1. The number of anilines is 1. The standard InChI is InChI=1S/C25H33N3O2/c1-3-22-8-4-5-9-23(22)26-24(29)19-27-15-17-28(18-16-27)25(30)10-6-7-21-13-11-20(2)12-14-21/h4-5,8-9,11-14H,3,6-7,10,15-19H2,1-2H3,(H,26,29). The van der Waals surface area contributed by atoms with Crippen LogP contribution in [0.3, 0.4) is 0 Å². The van der Waals surface area contributed by atoms with E-state index in [9.17, 15) is 9.59 Å². The molecule has 0 atom stereocenters. The maximum absolute atomic E-state index is 12.5. The van der Waals surface area contributed by atoms with Crippen LogP contribution < -0.4 is 5.32 Å². The third kappa shape index (κ3) is 6.42. The minimum Gasteiger partial charge on any atom is -0.340 e. The highest BCUT2D eigenvalue weighted by atomic mass is 16.2. The summed E-state index contributed by atoms with van der Waals surface area (Å²) in [6.07, 6.45) is 3.29. The lowest BCUT2D eigenvalue weighted by molar-refractivity contribution is -0.133. The van der Waals surface area contributed by atoms with Gasteiger partial charge in [-0.15, -0.1) is 0 Å². The van der Waals surface area contributed by atoms with E-state index in [4.69, 9.17) is 0 Å². The molecule has 30 heavy (non-hydrogen) atoms. The molecule has 5 nitrogen and oxygen atoms in total. The smallest absolute Gasteiger partial charge is 0.238 e. The van der Waals surface area contributed by atoms with Gasteiger partial charge in [0.15, 0.2) is 0 Å². The molecule has 0 aromatic heterocycles. The fourth-order valence-electron chi connectivity index (χ4n) is 3.86. The van der Waals surface area contributed by atoms with E-state index in [2.05, 4.69) is 48.3 Å². The van der Waals surface area contributed by atoms with Crippen LogP contribution in [-0.2, 0) is 22.4 Å². The molecule has 1 aliphatic rings. The van der Waals surface area contributed by atoms with Crippen molar-refractivity contribution in [1.82, 2.24) is 9.80 Å². The number of rotatable bonds is 8. The van der Waals surface area contributed by atoms with Crippen molar-refractivity contribution in [1.29, 1.82) is 0 Å². The summed E-state index contributed by atoms with van der Waals surface area (Å²) < 4.78 is 0. The highest BCUT2D eigenvalue weighted by molar-refractivity contribution is 5.93. The van der Waals surface area contributed by atoms with Crippen LogP contribution in [0.4, 0.5) is 5.69 Å². The average molecular weight is 408 g/mol. The van der Waals surface area contributed by atoms with E-state index >= 15 is 0 Å². The minimum atomic E-state index is 0.00812. The summed E-state index contributed by atoms with van der Waals surface area (Å²) in [5, 5.41) is 3.03. The van der Waals surface area contributed by atoms with Gasteiger partial charge in [-0.25, -0.2) is 0 Å². The highest BCUT2D eigenvalue weighted by Gasteiger charge is 2.22. The number of hydrogen-bond acceptors (Lipinski definition) is 3. The first-order valence-corrected chi connectivity index (χ1v) is 11.0. The van der Waals surface area contributed by atoms with E-state index in [0.717, 1.165) is 43.6 Å². The Bertz CT molecular complexity index is 840. The molecule has 1 aliphatic heterocycles. The van der Waals surface area contributed by atoms with Gasteiger partial charge in [-0.05, 0) is 43.4 Å². The average Bonchev–Trinajstić information content (AvgIpc) is 2.76. The van der Waals surface area contributed by atoms with Crippen LogP contribution in [0.5, 0.6) is 0 Å². The molecule has 0 aliphatic carbocycles. The monoisotopic (exact) mass is 407 g/mol. The summed E-state index contributed by atoms with van der Waals surface area (Å²) in [5.41, 5.74) is 4.59. The second-order valence-corrected chi connectivity index (χ2v) is 8.05. The molecule has 1 N–H and O–H groups in total. The van der Waals surface area contributed by atoms with E-state index in [1.807, 2.05) is 29.2 Å². The topological polar surface area (TPSA) is 52.7 Å². The molecule has 2 aromatic rings. The van der Waals surface area contributed by atoms with Gasteiger partial charge in [-0.1, -0.05) is 55.0 Å². The number of amides is 2. The largest absolute Gasteiger partial charge is 0.340 e. The summed E-state index contributed by atoms with van der Waals surface area (Å²) >= 11 is 0. The van der Waals surface area contributed by atoms with E-state index in [1.165, 1.54) is 11.1 Å². The zero-order valence-corrected chi connectivity index (χ0v) is 18.2. The summed E-state index contributed by atoms with van der Waals surface area (Å²) in [4.78, 5) is 29.0. The zero-order chi connectivity index (χ0) is 21.3. The molecule has 1 saturated heterocycles. The van der Waals surface area contributed by atoms with Gasteiger partial charge in [-0.2, -0.15) is 0 Å². The van der Waals surface area contributed by atoms with Crippen LogP contribution >= 0.6 is 0 Å². The number of carbonyl (C=O) groups excluding carboxylic acids is 2. The molecule has 0 bridgehead atoms. The first-order valence-electron chi connectivity index (χ1n) is 11.0. The molecule has 0 saturated carbocycles. The molecule has 3 rings (SSSR count). The van der Waals surface area contributed by atoms with Crippen LogP contribution in [-0.4, -0.2) is 54.3 Å². The zero-order valence-electron chi connectivity index (χ0n) is 18.2. The number of nitrogens with zero attached hydrogens (tertiary/aromatic N) is 2. The van der Waals surface area contributed by atoms with Crippen molar-refractivity contribution in [2.75, 3.05) is 38.0 Å². The molecule has 2 aromatic carbocycles. The normalized spacial score (nSPS) is 14.5. The summed E-state index contributed by atoms with van der Waals surface area (Å²) in [5.74, 6) is 0.233. The van der Waals surface area contributed by atoms with Crippen molar-refractivity contribution >= 4 is 17.5 Å². The Kier molecular flexibility index (Phi) is 8.03. The number of hydrogen-bond donors (Lipinski definition) is 1. The summed E-state index contributed by atoms with van der Waals surface area (Å²) in [6.45, 7) is 7.42. The van der Waals surface area contributed by atoms with Crippen LogP contribution in [0.25, 0.3) is 0 Å². The van der Waals surface area contributed by atoms with Crippen molar-refractivity contribution in [2.24, 2.45) is 0 Å². The molecular formula is C25H33N3O2. The maximum atomic E-state index is 12.5. The molecular weight excluding hydrogens is 374 g/mol. The predicted octanol–water partition coefficient (Wildman–Crippen LogP) is 3.66. The van der Waals surface area contributed by atoms with Crippen molar-refractivity contribution in [3.8, 4) is 0 Å². The SMILES string of the molecule is CCc1ccccc1NC(=O)CN1CCN(C(=O)CCCc2ccc(C)cc2)CC1. The molecule has 0 spiro atoms. The molecule has 2 amide bonds. The van der Waals surface area contributed by atoms with Crippen molar-refractivity contribution in [3.05, 3.63) is 65.2 Å². The van der Waals surface area contributed by atoms with Crippen LogP contribution in [0.15, 0.2) is 48.5 Å². The maximum Gasteiger partial charge on any atom is 0.238 e. The lowest BCUT2D eigenvalue weighted by atomic mass is 10.1. The quantitative estimate of drug-likeness (QED) is 0.727. The van der Waals surface area contributed by atoms with Crippen LogP contribution in [0.1, 0.15) is 36.5 Å². The Hall–Kier alpha value is -2.66. The second-order valence-electron chi connectivity index (χ2n) is 8.05. The first kappa shape index (κ1) is 22.0. The number of aryl methyl sites for hydroxylation is 3. The molecule has 160 valence electrons. The van der Waals surface area contributed by atoms with Gasteiger partial charge in [0.25, 0.3) is 0 Å². The van der Waals surface area contributed by atoms with Gasteiger partial charge >= 0.3 is 0 Å². The summed E-state index contributed by atoms with van der Waals surface area (Å²) in [7, 11) is 0. The predicted molar refractivity (Wildman–Crippen MR) is 122 cm³/mol. The Balaban J connectivity index is 1.37. The van der Waals surface area contributed by atoms with Gasteiger partial charge in [0, 0.05) is 38.3 Å². The second kappa shape index (κ2) is 10.9. The Labute approximate surface area is 180 Å². The van der Waals surface area contributed by atoms with Crippen LogP contribution in [0, 0.1) is 6.92 Å².